The van der Waals surface area contributed by atoms with Crippen molar-refractivity contribution in [1.82, 2.24) is 20.2 Å². The van der Waals surface area contributed by atoms with Crippen LogP contribution in [0.1, 0.15) is 44.1 Å². The van der Waals surface area contributed by atoms with E-state index in [1.54, 1.807) is 0 Å². The predicted octanol–water partition coefficient (Wildman–Crippen LogP) is 4.47. The van der Waals surface area contributed by atoms with E-state index < -0.39 is 0 Å². The molecule has 2 N–H and O–H groups in total. The van der Waals surface area contributed by atoms with E-state index in [9.17, 15) is 0 Å². The third-order valence-corrected chi connectivity index (χ3v) is 4.96. The van der Waals surface area contributed by atoms with Crippen LogP contribution in [0, 0.1) is 5.92 Å². The molecule has 1 aliphatic rings. The van der Waals surface area contributed by atoms with Gasteiger partial charge in [-0.25, -0.2) is 4.98 Å². The summed E-state index contributed by atoms with van der Waals surface area (Å²) in [6.45, 7) is 0. The van der Waals surface area contributed by atoms with Gasteiger partial charge in [-0.1, -0.05) is 32.1 Å². The Hall–Kier alpha value is -2.10. The van der Waals surface area contributed by atoms with Crippen molar-refractivity contribution in [2.75, 3.05) is 0 Å². The number of aromatic amines is 2. The summed E-state index contributed by atoms with van der Waals surface area (Å²) in [5.41, 5.74) is 4.59. The number of hydrogen-bond donors (Lipinski definition) is 2. The molecule has 114 valence electrons. The molecule has 0 aliphatic heterocycles. The van der Waals surface area contributed by atoms with E-state index in [0.717, 1.165) is 23.5 Å². The average molecular weight is 294 g/mol. The summed E-state index contributed by atoms with van der Waals surface area (Å²) in [6.07, 6.45) is 17.4. The van der Waals surface area contributed by atoms with Gasteiger partial charge in [0.1, 0.15) is 5.65 Å². The molecule has 0 amide bonds. The molecule has 0 saturated heterocycles. The zero-order valence-electron chi connectivity index (χ0n) is 12.8. The third kappa shape index (κ3) is 2.65. The number of aryl methyl sites for hydroxylation is 1. The highest BCUT2D eigenvalue weighted by Gasteiger charge is 2.14. The quantitative estimate of drug-likeness (QED) is 0.746. The minimum atomic E-state index is 0.920. The summed E-state index contributed by atoms with van der Waals surface area (Å²) in [7, 11) is 0. The van der Waals surface area contributed by atoms with Crippen molar-refractivity contribution in [3.05, 3.63) is 36.4 Å². The van der Waals surface area contributed by atoms with E-state index in [4.69, 9.17) is 0 Å². The average Bonchev–Trinajstić information content (AvgIpc) is 3.22. The number of hydrogen-bond acceptors (Lipinski definition) is 2. The highest BCUT2D eigenvalue weighted by molar-refractivity contribution is 5.93. The Labute approximate surface area is 130 Å². The summed E-state index contributed by atoms with van der Waals surface area (Å²) < 4.78 is 0. The van der Waals surface area contributed by atoms with Gasteiger partial charge < -0.3 is 4.98 Å². The summed E-state index contributed by atoms with van der Waals surface area (Å²) in [4.78, 5) is 7.85. The number of aromatic nitrogens is 4. The highest BCUT2D eigenvalue weighted by atomic mass is 15.1. The van der Waals surface area contributed by atoms with Crippen molar-refractivity contribution < 1.29 is 0 Å². The van der Waals surface area contributed by atoms with Crippen LogP contribution in [0.2, 0.25) is 0 Å². The normalized spacial score (nSPS) is 16.4. The van der Waals surface area contributed by atoms with Crippen LogP contribution < -0.4 is 0 Å². The van der Waals surface area contributed by atoms with Crippen LogP contribution in [0.4, 0.5) is 0 Å². The molecule has 4 rings (SSSR count). The van der Waals surface area contributed by atoms with Gasteiger partial charge in [0, 0.05) is 35.1 Å². The molecule has 1 aliphatic carbocycles. The Bertz CT molecular complexity index is 736. The zero-order chi connectivity index (χ0) is 14.8. The van der Waals surface area contributed by atoms with Gasteiger partial charge in [-0.15, -0.1) is 0 Å². The van der Waals surface area contributed by atoms with Crippen LogP contribution in [-0.4, -0.2) is 20.2 Å². The molecule has 0 unspecified atom stereocenters. The Kier molecular flexibility index (Phi) is 3.67. The van der Waals surface area contributed by atoms with Crippen molar-refractivity contribution in [2.24, 2.45) is 5.92 Å². The molecule has 4 heteroatoms. The van der Waals surface area contributed by atoms with E-state index in [-0.39, 0.29) is 0 Å². The number of nitrogens with zero attached hydrogens (tertiary/aromatic N) is 2. The molecule has 3 aromatic heterocycles. The first-order valence-corrected chi connectivity index (χ1v) is 8.35. The molecule has 3 aromatic rings. The van der Waals surface area contributed by atoms with Gasteiger partial charge in [0.15, 0.2) is 0 Å². The van der Waals surface area contributed by atoms with E-state index in [1.807, 2.05) is 24.8 Å². The Morgan fingerprint density at radius 1 is 1.09 bits per heavy atom. The summed E-state index contributed by atoms with van der Waals surface area (Å²) >= 11 is 0. The van der Waals surface area contributed by atoms with Crippen LogP contribution in [0.25, 0.3) is 22.2 Å². The molecule has 1 fully saturated rings. The van der Waals surface area contributed by atoms with E-state index in [2.05, 4.69) is 26.2 Å². The van der Waals surface area contributed by atoms with Crippen LogP contribution in [0.3, 0.4) is 0 Å². The number of rotatable bonds is 4. The third-order valence-electron chi connectivity index (χ3n) is 4.96. The lowest BCUT2D eigenvalue weighted by Crippen LogP contribution is -2.07. The predicted molar refractivity (Wildman–Crippen MR) is 88.6 cm³/mol. The van der Waals surface area contributed by atoms with Crippen LogP contribution in [0.5, 0.6) is 0 Å². The molecule has 0 spiro atoms. The molecule has 4 nitrogen and oxygen atoms in total. The van der Waals surface area contributed by atoms with Crippen LogP contribution in [0.15, 0.2) is 30.9 Å². The van der Waals surface area contributed by atoms with Crippen molar-refractivity contribution in [2.45, 2.75) is 44.9 Å². The Morgan fingerprint density at radius 3 is 2.82 bits per heavy atom. The second-order valence-corrected chi connectivity index (χ2v) is 6.47. The monoisotopic (exact) mass is 294 g/mol. The number of pyridine rings is 1. The maximum atomic E-state index is 4.59. The van der Waals surface area contributed by atoms with Gasteiger partial charge in [-0.05, 0) is 30.4 Å². The lowest BCUT2D eigenvalue weighted by atomic mass is 9.85. The minimum absolute atomic E-state index is 0.920. The number of fused-ring (bicyclic) bond motifs is 1. The first-order chi connectivity index (χ1) is 10.9. The first-order valence-electron chi connectivity index (χ1n) is 8.35. The standard InChI is InChI=1S/C18H22N4/c1-2-4-13(5-3-1)6-7-14-8-16-17(15-10-21-22-11-15)12-20-18(16)19-9-14/h8-13H,1-7H2,(H,19,20)(H,21,22). The molecule has 0 radical (unpaired) electrons. The molecule has 0 bridgehead atoms. The SMILES string of the molecule is c1nc2[nH]cc(-c3cn[nH]c3)c2cc1CCC1CCCCC1. The molecule has 1 saturated carbocycles. The zero-order valence-corrected chi connectivity index (χ0v) is 12.8. The van der Waals surface area contributed by atoms with Gasteiger partial charge in [0.05, 0.1) is 6.20 Å². The summed E-state index contributed by atoms with van der Waals surface area (Å²) in [5, 5.41) is 8.12. The molecule has 0 aromatic carbocycles. The summed E-state index contributed by atoms with van der Waals surface area (Å²) in [6, 6.07) is 2.30. The molecular formula is C18H22N4. The van der Waals surface area contributed by atoms with Crippen molar-refractivity contribution in [1.29, 1.82) is 0 Å². The molecular weight excluding hydrogens is 272 g/mol. The highest BCUT2D eigenvalue weighted by Crippen LogP contribution is 2.30. The first kappa shape index (κ1) is 13.6. The van der Waals surface area contributed by atoms with Crippen molar-refractivity contribution >= 4 is 11.0 Å². The maximum Gasteiger partial charge on any atom is 0.137 e. The lowest BCUT2D eigenvalue weighted by Gasteiger charge is -2.21. The van der Waals surface area contributed by atoms with Gasteiger partial charge >= 0.3 is 0 Å². The minimum Gasteiger partial charge on any atom is -0.346 e. The van der Waals surface area contributed by atoms with Gasteiger partial charge in [0.25, 0.3) is 0 Å². The molecule has 0 atom stereocenters. The lowest BCUT2D eigenvalue weighted by molar-refractivity contribution is 0.339. The smallest absolute Gasteiger partial charge is 0.137 e. The van der Waals surface area contributed by atoms with Crippen molar-refractivity contribution in [3.63, 3.8) is 0 Å². The molecule has 22 heavy (non-hydrogen) atoms. The fraction of sp³-hybridized carbons (Fsp3) is 0.444. The van der Waals surface area contributed by atoms with Gasteiger partial charge in [-0.2, -0.15) is 5.10 Å². The number of nitrogens with one attached hydrogen (secondary N) is 2. The van der Waals surface area contributed by atoms with E-state index in [1.165, 1.54) is 55.0 Å². The largest absolute Gasteiger partial charge is 0.346 e. The van der Waals surface area contributed by atoms with Gasteiger partial charge in [0.2, 0.25) is 0 Å². The second-order valence-electron chi connectivity index (χ2n) is 6.47. The molecule has 3 heterocycles. The fourth-order valence-electron chi connectivity index (χ4n) is 3.67. The second kappa shape index (κ2) is 5.95. The van der Waals surface area contributed by atoms with Crippen LogP contribution in [-0.2, 0) is 6.42 Å². The van der Waals surface area contributed by atoms with E-state index >= 15 is 0 Å². The Balaban J connectivity index is 1.55. The fourth-order valence-corrected chi connectivity index (χ4v) is 3.67. The maximum absolute atomic E-state index is 4.59. The summed E-state index contributed by atoms with van der Waals surface area (Å²) in [5.74, 6) is 0.920. The number of H-pyrrole nitrogens is 2. The van der Waals surface area contributed by atoms with Gasteiger partial charge in [-0.3, -0.25) is 5.10 Å². The van der Waals surface area contributed by atoms with Crippen molar-refractivity contribution in [3.8, 4) is 11.1 Å². The Morgan fingerprint density at radius 2 is 2.00 bits per heavy atom. The van der Waals surface area contributed by atoms with Crippen LogP contribution >= 0.6 is 0 Å². The topological polar surface area (TPSA) is 57.4 Å². The van der Waals surface area contributed by atoms with E-state index in [0.29, 0.717) is 0 Å².